The molecule has 0 saturated carbocycles. The van der Waals surface area contributed by atoms with Crippen LogP contribution in [0.25, 0.3) is 0 Å². The van der Waals surface area contributed by atoms with E-state index in [0.29, 0.717) is 12.8 Å². The van der Waals surface area contributed by atoms with Crippen molar-refractivity contribution in [1.29, 1.82) is 0 Å². The maximum atomic E-state index is 14.0. The van der Waals surface area contributed by atoms with E-state index in [2.05, 4.69) is 6.58 Å². The van der Waals surface area contributed by atoms with Crippen molar-refractivity contribution in [3.8, 4) is 11.5 Å². The molecule has 2 aromatic carbocycles. The van der Waals surface area contributed by atoms with Gasteiger partial charge in [0.1, 0.15) is 11.5 Å². The van der Waals surface area contributed by atoms with Gasteiger partial charge in [0.05, 0.1) is 25.6 Å². The van der Waals surface area contributed by atoms with Crippen LogP contribution >= 0.6 is 0 Å². The summed E-state index contributed by atoms with van der Waals surface area (Å²) in [7, 11) is 1.15. The molecule has 3 unspecified atom stereocenters. The normalized spacial score (nSPS) is 14.5. The van der Waals surface area contributed by atoms with Crippen molar-refractivity contribution in [3.05, 3.63) is 72.3 Å². The van der Waals surface area contributed by atoms with Gasteiger partial charge in [0, 0.05) is 20.2 Å². The summed E-state index contributed by atoms with van der Waals surface area (Å²) < 4.78 is 45.6. The van der Waals surface area contributed by atoms with Crippen LogP contribution < -0.4 is 9.47 Å². The van der Waals surface area contributed by atoms with Gasteiger partial charge < -0.3 is 14.2 Å². The van der Waals surface area contributed by atoms with Gasteiger partial charge in [-0.05, 0) is 61.1 Å². The fourth-order valence-corrected chi connectivity index (χ4v) is 6.04. The molecule has 0 bridgehead atoms. The molecule has 182 valence electrons. The topological polar surface area (TPSA) is 65.1 Å². The predicted octanol–water partition coefficient (Wildman–Crippen LogP) is 5.04. The Labute approximate surface area is 199 Å². The third-order valence-electron chi connectivity index (χ3n) is 5.92. The van der Waals surface area contributed by atoms with Crippen molar-refractivity contribution >= 4 is 10.0 Å². The monoisotopic (exact) mass is 475 g/mol. The van der Waals surface area contributed by atoms with Crippen LogP contribution in [0, 0.1) is 5.92 Å². The van der Waals surface area contributed by atoms with E-state index in [1.54, 1.807) is 31.7 Å². The fraction of sp³-hybridized carbons (Fsp3) is 0.462. The van der Waals surface area contributed by atoms with E-state index >= 15 is 0 Å². The molecule has 6 nitrogen and oxygen atoms in total. The number of ether oxygens (including phenoxy) is 3. The molecule has 0 aliphatic heterocycles. The Morgan fingerprint density at radius 3 is 1.70 bits per heavy atom. The summed E-state index contributed by atoms with van der Waals surface area (Å²) in [5.41, 5.74) is 1.78. The number of nitrogens with zero attached hydrogens (tertiary/aromatic N) is 1. The molecule has 0 radical (unpaired) electrons. The molecule has 0 amide bonds. The van der Waals surface area contributed by atoms with Gasteiger partial charge in [0.25, 0.3) is 0 Å². The number of allylic oxidation sites excluding steroid dienone is 1. The van der Waals surface area contributed by atoms with E-state index in [1.807, 2.05) is 62.4 Å². The molecule has 0 spiro atoms. The van der Waals surface area contributed by atoms with Gasteiger partial charge in [-0.1, -0.05) is 37.3 Å². The Hall–Kier alpha value is -2.35. The van der Waals surface area contributed by atoms with Crippen molar-refractivity contribution in [3.63, 3.8) is 0 Å². The number of hydrogen-bond donors (Lipinski definition) is 0. The number of hydrogen-bond acceptors (Lipinski definition) is 5. The second-order valence-corrected chi connectivity index (χ2v) is 10.5. The molecule has 7 heteroatoms. The summed E-state index contributed by atoms with van der Waals surface area (Å²) in [6, 6.07) is 15.0. The molecule has 0 fully saturated rings. The summed E-state index contributed by atoms with van der Waals surface area (Å²) in [6.07, 6.45) is 2.62. The Morgan fingerprint density at radius 1 is 0.879 bits per heavy atom. The highest BCUT2D eigenvalue weighted by Crippen LogP contribution is 2.28. The first-order valence-electron chi connectivity index (χ1n) is 11.1. The number of rotatable bonds is 14. The second-order valence-electron chi connectivity index (χ2n) is 8.33. The van der Waals surface area contributed by atoms with Crippen LogP contribution in [0.5, 0.6) is 11.5 Å². The van der Waals surface area contributed by atoms with Crippen molar-refractivity contribution in [2.45, 2.75) is 51.1 Å². The van der Waals surface area contributed by atoms with Gasteiger partial charge in [-0.2, -0.15) is 4.31 Å². The van der Waals surface area contributed by atoms with Gasteiger partial charge in [0.15, 0.2) is 0 Å². The van der Waals surface area contributed by atoms with Crippen LogP contribution in [0.2, 0.25) is 0 Å². The number of sulfonamides is 1. The highest BCUT2D eigenvalue weighted by atomic mass is 32.2. The lowest BCUT2D eigenvalue weighted by Gasteiger charge is -2.32. The van der Waals surface area contributed by atoms with Gasteiger partial charge in [-0.15, -0.1) is 6.58 Å². The summed E-state index contributed by atoms with van der Waals surface area (Å²) in [6.45, 7) is 8.20. The van der Waals surface area contributed by atoms with E-state index in [-0.39, 0.29) is 25.1 Å². The third-order valence-corrected chi connectivity index (χ3v) is 8.32. The molecule has 0 aliphatic rings. The molecule has 2 rings (SSSR count). The lowest BCUT2D eigenvalue weighted by Crippen LogP contribution is -2.42. The largest absolute Gasteiger partial charge is 0.497 e. The zero-order valence-electron chi connectivity index (χ0n) is 20.4. The molecule has 3 atom stereocenters. The summed E-state index contributed by atoms with van der Waals surface area (Å²) in [5, 5.41) is -0.595. The lowest BCUT2D eigenvalue weighted by molar-refractivity contribution is 0.105. The Morgan fingerprint density at radius 2 is 1.33 bits per heavy atom. The van der Waals surface area contributed by atoms with E-state index in [0.717, 1.165) is 22.6 Å². The molecule has 0 aliphatic carbocycles. The first-order chi connectivity index (χ1) is 15.7. The Bertz CT molecular complexity index is 908. The summed E-state index contributed by atoms with van der Waals surface area (Å²) >= 11 is 0. The third kappa shape index (κ3) is 7.59. The fourth-order valence-electron chi connectivity index (χ4n) is 3.78. The highest BCUT2D eigenvalue weighted by Gasteiger charge is 2.36. The molecular formula is C26H37NO5S. The summed E-state index contributed by atoms with van der Waals surface area (Å²) in [5.74, 6) is 1.36. The quantitative estimate of drug-likeness (QED) is 0.358. The van der Waals surface area contributed by atoms with Crippen LogP contribution in [-0.4, -0.2) is 45.4 Å². The maximum Gasteiger partial charge on any atom is 0.217 e. The number of benzene rings is 2. The molecule has 33 heavy (non-hydrogen) atoms. The Kier molecular flexibility index (Phi) is 10.4. The van der Waals surface area contributed by atoms with Crippen molar-refractivity contribution in [2.24, 2.45) is 5.92 Å². The predicted molar refractivity (Wildman–Crippen MR) is 133 cm³/mol. The number of methoxy groups -OCH3 is 3. The molecule has 0 N–H and O–H groups in total. The molecule has 0 heterocycles. The van der Waals surface area contributed by atoms with Crippen molar-refractivity contribution in [2.75, 3.05) is 21.3 Å². The average Bonchev–Trinajstić information content (AvgIpc) is 2.82. The minimum Gasteiger partial charge on any atom is -0.497 e. The van der Waals surface area contributed by atoms with Crippen LogP contribution in [0.1, 0.15) is 37.8 Å². The standard InChI is InChI=1S/C26H37NO5S/c1-7-8-20(2)26(17-21(3)30-4)33(28,29)27(18-22-9-13-24(31-5)14-10-22)19-23-11-15-25(32-6)16-12-23/h7,9-16,20-21,26H,1,8,17-19H2,2-6H3. The first-order valence-corrected chi connectivity index (χ1v) is 12.6. The lowest BCUT2D eigenvalue weighted by atomic mass is 9.99. The van der Waals surface area contributed by atoms with Crippen molar-refractivity contribution in [1.82, 2.24) is 4.31 Å². The van der Waals surface area contributed by atoms with E-state index in [4.69, 9.17) is 14.2 Å². The molecular weight excluding hydrogens is 438 g/mol. The minimum atomic E-state index is -3.67. The summed E-state index contributed by atoms with van der Waals surface area (Å²) in [4.78, 5) is 0. The molecule has 2 aromatic rings. The van der Waals surface area contributed by atoms with Crippen LogP contribution in [-0.2, 0) is 27.8 Å². The van der Waals surface area contributed by atoms with E-state index in [1.165, 1.54) is 0 Å². The van der Waals surface area contributed by atoms with Crippen LogP contribution in [0.4, 0.5) is 0 Å². The molecule has 0 aromatic heterocycles. The maximum absolute atomic E-state index is 14.0. The van der Waals surface area contributed by atoms with Crippen LogP contribution in [0.3, 0.4) is 0 Å². The van der Waals surface area contributed by atoms with Gasteiger partial charge >= 0.3 is 0 Å². The van der Waals surface area contributed by atoms with Gasteiger partial charge in [0.2, 0.25) is 10.0 Å². The second kappa shape index (κ2) is 12.8. The SMILES string of the molecule is C=CCC(C)C(CC(C)OC)S(=O)(=O)N(Cc1ccc(OC)cc1)Cc1ccc(OC)cc1. The minimum absolute atomic E-state index is 0.0978. The van der Waals surface area contributed by atoms with E-state index in [9.17, 15) is 8.42 Å². The van der Waals surface area contributed by atoms with Crippen LogP contribution in [0.15, 0.2) is 61.2 Å². The zero-order chi connectivity index (χ0) is 24.4. The van der Waals surface area contributed by atoms with Crippen molar-refractivity contribution < 1.29 is 22.6 Å². The molecule has 0 saturated heterocycles. The van der Waals surface area contributed by atoms with Gasteiger partial charge in [-0.3, -0.25) is 0 Å². The van der Waals surface area contributed by atoms with Gasteiger partial charge in [-0.25, -0.2) is 8.42 Å². The highest BCUT2D eigenvalue weighted by molar-refractivity contribution is 7.89. The zero-order valence-corrected chi connectivity index (χ0v) is 21.2. The first kappa shape index (κ1) is 26.9. The average molecular weight is 476 g/mol. The van der Waals surface area contributed by atoms with E-state index < -0.39 is 15.3 Å². The Balaban J connectivity index is 2.44. The smallest absolute Gasteiger partial charge is 0.217 e.